The van der Waals surface area contributed by atoms with Crippen molar-refractivity contribution in [1.29, 1.82) is 0 Å². The number of morpholine rings is 1. The van der Waals surface area contributed by atoms with Gasteiger partial charge in [0.05, 0.1) is 18.9 Å². The minimum absolute atomic E-state index is 0.0478. The van der Waals surface area contributed by atoms with E-state index in [0.29, 0.717) is 12.1 Å². The average molecular weight is 405 g/mol. The van der Waals surface area contributed by atoms with Crippen LogP contribution in [0.15, 0.2) is 73.1 Å². The molecule has 1 aliphatic heterocycles. The topological polar surface area (TPSA) is 50.6 Å². The second-order valence-electron chi connectivity index (χ2n) is 7.68. The molecule has 30 heavy (non-hydrogen) atoms. The number of carbonyl (C=O) groups excluding carboxylic acids is 1. The maximum Gasteiger partial charge on any atom is 0.254 e. The summed E-state index contributed by atoms with van der Waals surface area (Å²) >= 11 is 0. The Kier molecular flexibility index (Phi) is 6.57. The Bertz CT molecular complexity index is 920. The minimum Gasteiger partial charge on any atom is -0.379 e. The van der Waals surface area contributed by atoms with Crippen molar-refractivity contribution >= 4 is 5.91 Å². The molecule has 6 nitrogen and oxygen atoms in total. The van der Waals surface area contributed by atoms with Crippen molar-refractivity contribution in [3.05, 3.63) is 84.2 Å². The summed E-state index contributed by atoms with van der Waals surface area (Å²) in [5.74, 6) is 0.0478. The number of benzene rings is 2. The molecular weight excluding hydrogens is 376 g/mol. The first-order valence-corrected chi connectivity index (χ1v) is 10.5. The number of carbonyl (C=O) groups is 1. The molecule has 0 bridgehead atoms. The van der Waals surface area contributed by atoms with Crippen molar-refractivity contribution in [2.75, 3.05) is 32.8 Å². The van der Waals surface area contributed by atoms with Crippen molar-refractivity contribution in [1.82, 2.24) is 19.6 Å². The number of hydrogen-bond donors (Lipinski definition) is 0. The van der Waals surface area contributed by atoms with Gasteiger partial charge in [-0.1, -0.05) is 30.3 Å². The number of hydrogen-bond acceptors (Lipinski definition) is 4. The molecule has 2 aromatic carbocycles. The number of rotatable bonds is 7. The van der Waals surface area contributed by atoms with Crippen LogP contribution in [-0.2, 0) is 11.3 Å². The van der Waals surface area contributed by atoms with Gasteiger partial charge in [0.25, 0.3) is 5.91 Å². The molecule has 1 aromatic heterocycles. The Balaban J connectivity index is 1.53. The van der Waals surface area contributed by atoms with Crippen molar-refractivity contribution in [2.45, 2.75) is 19.5 Å². The van der Waals surface area contributed by atoms with Gasteiger partial charge in [0.1, 0.15) is 0 Å². The van der Waals surface area contributed by atoms with Crippen molar-refractivity contribution in [2.24, 2.45) is 0 Å². The normalized spacial score (nSPS) is 15.6. The lowest BCUT2D eigenvalue weighted by Gasteiger charge is -2.35. The molecule has 1 aliphatic rings. The van der Waals surface area contributed by atoms with Gasteiger partial charge >= 0.3 is 0 Å². The lowest BCUT2D eigenvalue weighted by atomic mass is 10.1. The Hall–Kier alpha value is -2.96. The molecule has 0 spiro atoms. The molecule has 0 saturated carbocycles. The first-order chi connectivity index (χ1) is 14.7. The van der Waals surface area contributed by atoms with Crippen molar-refractivity contribution < 1.29 is 9.53 Å². The fraction of sp³-hybridized carbons (Fsp3) is 0.333. The van der Waals surface area contributed by atoms with Crippen LogP contribution in [0.4, 0.5) is 0 Å². The molecular formula is C24H28N4O2. The van der Waals surface area contributed by atoms with Crippen LogP contribution in [-0.4, -0.2) is 64.4 Å². The van der Waals surface area contributed by atoms with E-state index in [2.05, 4.69) is 29.1 Å². The highest BCUT2D eigenvalue weighted by Gasteiger charge is 2.24. The Morgan fingerprint density at radius 2 is 1.80 bits per heavy atom. The Morgan fingerprint density at radius 1 is 1.07 bits per heavy atom. The van der Waals surface area contributed by atoms with Crippen LogP contribution in [0, 0.1) is 0 Å². The smallest absolute Gasteiger partial charge is 0.254 e. The summed E-state index contributed by atoms with van der Waals surface area (Å²) in [6, 6.07) is 19.8. The number of aromatic nitrogens is 2. The van der Waals surface area contributed by atoms with Gasteiger partial charge in [-0.15, -0.1) is 0 Å². The van der Waals surface area contributed by atoms with E-state index < -0.39 is 0 Å². The molecule has 1 amide bonds. The second-order valence-corrected chi connectivity index (χ2v) is 7.68. The zero-order chi connectivity index (χ0) is 20.8. The summed E-state index contributed by atoms with van der Waals surface area (Å²) < 4.78 is 7.26. The maximum atomic E-state index is 13.5. The summed E-state index contributed by atoms with van der Waals surface area (Å²) in [4.78, 5) is 17.8. The van der Waals surface area contributed by atoms with E-state index in [-0.39, 0.29) is 11.9 Å². The molecule has 0 radical (unpaired) electrons. The number of amides is 1. The van der Waals surface area contributed by atoms with Crippen LogP contribution >= 0.6 is 0 Å². The van der Waals surface area contributed by atoms with E-state index in [9.17, 15) is 4.79 Å². The van der Waals surface area contributed by atoms with Gasteiger partial charge in [-0.3, -0.25) is 9.69 Å². The molecule has 156 valence electrons. The maximum absolute atomic E-state index is 13.5. The van der Waals surface area contributed by atoms with Gasteiger partial charge in [-0.25, -0.2) is 4.68 Å². The third-order valence-electron chi connectivity index (χ3n) is 5.50. The molecule has 3 aromatic rings. The quantitative estimate of drug-likeness (QED) is 0.607. The second kappa shape index (κ2) is 9.69. The molecule has 4 rings (SSSR count). The predicted molar refractivity (Wildman–Crippen MR) is 117 cm³/mol. The highest BCUT2D eigenvalue weighted by molar-refractivity contribution is 5.94. The fourth-order valence-electron chi connectivity index (χ4n) is 3.81. The summed E-state index contributed by atoms with van der Waals surface area (Å²) in [5.41, 5.74) is 2.76. The summed E-state index contributed by atoms with van der Waals surface area (Å²) in [6.45, 7) is 6.91. The lowest BCUT2D eigenvalue weighted by Crippen LogP contribution is -2.48. The third-order valence-corrected chi connectivity index (χ3v) is 5.50. The van der Waals surface area contributed by atoms with Gasteiger partial charge in [-0.2, -0.15) is 5.10 Å². The third kappa shape index (κ3) is 4.96. The Labute approximate surface area is 177 Å². The molecule has 6 heteroatoms. The first kappa shape index (κ1) is 20.3. The van der Waals surface area contributed by atoms with Crippen LogP contribution in [0.2, 0.25) is 0 Å². The van der Waals surface area contributed by atoms with Crippen LogP contribution in [0.3, 0.4) is 0 Å². The molecule has 1 unspecified atom stereocenters. The van der Waals surface area contributed by atoms with E-state index in [1.54, 1.807) is 10.9 Å². The molecule has 2 heterocycles. The largest absolute Gasteiger partial charge is 0.379 e. The molecule has 1 atom stereocenters. The van der Waals surface area contributed by atoms with E-state index in [0.717, 1.165) is 44.1 Å². The van der Waals surface area contributed by atoms with Gasteiger partial charge in [0.2, 0.25) is 0 Å². The molecule has 1 saturated heterocycles. The van der Waals surface area contributed by atoms with Crippen LogP contribution < -0.4 is 0 Å². The Morgan fingerprint density at radius 3 is 2.47 bits per heavy atom. The first-order valence-electron chi connectivity index (χ1n) is 10.5. The van der Waals surface area contributed by atoms with Gasteiger partial charge in [0, 0.05) is 50.2 Å². The molecule has 1 fully saturated rings. The van der Waals surface area contributed by atoms with Gasteiger partial charge in [-0.05, 0) is 42.8 Å². The highest BCUT2D eigenvalue weighted by Crippen LogP contribution is 2.17. The predicted octanol–water partition coefficient (Wildman–Crippen LogP) is 3.24. The van der Waals surface area contributed by atoms with Gasteiger partial charge in [0.15, 0.2) is 0 Å². The SMILES string of the molecule is CC(CN1CCOCC1)N(Cc1ccccc1)C(=O)c1ccc(-n2cccn2)cc1. The van der Waals surface area contributed by atoms with Crippen molar-refractivity contribution in [3.63, 3.8) is 0 Å². The summed E-state index contributed by atoms with van der Waals surface area (Å²) in [7, 11) is 0. The van der Waals surface area contributed by atoms with E-state index in [4.69, 9.17) is 4.74 Å². The monoisotopic (exact) mass is 404 g/mol. The lowest BCUT2D eigenvalue weighted by molar-refractivity contribution is 0.0228. The summed E-state index contributed by atoms with van der Waals surface area (Å²) in [5, 5.41) is 4.25. The van der Waals surface area contributed by atoms with E-state index >= 15 is 0 Å². The van der Waals surface area contributed by atoms with Gasteiger partial charge < -0.3 is 9.64 Å². The van der Waals surface area contributed by atoms with Crippen molar-refractivity contribution in [3.8, 4) is 5.69 Å². The van der Waals surface area contributed by atoms with Crippen LogP contribution in [0.1, 0.15) is 22.8 Å². The minimum atomic E-state index is 0.0478. The van der Waals surface area contributed by atoms with E-state index in [1.807, 2.05) is 59.6 Å². The fourth-order valence-corrected chi connectivity index (χ4v) is 3.81. The highest BCUT2D eigenvalue weighted by atomic mass is 16.5. The molecule has 0 aliphatic carbocycles. The van der Waals surface area contributed by atoms with Crippen LogP contribution in [0.5, 0.6) is 0 Å². The zero-order valence-corrected chi connectivity index (χ0v) is 17.4. The number of nitrogens with zero attached hydrogens (tertiary/aromatic N) is 4. The average Bonchev–Trinajstić information content (AvgIpc) is 3.33. The number of ether oxygens (including phenoxy) is 1. The summed E-state index contributed by atoms with van der Waals surface area (Å²) in [6.07, 6.45) is 3.64. The molecule has 0 N–H and O–H groups in total. The standard InChI is InChI=1S/C24H28N4O2/c1-20(18-26-14-16-30-17-15-26)27(19-21-6-3-2-4-7-21)24(29)22-8-10-23(11-9-22)28-13-5-12-25-28/h2-13,20H,14-19H2,1H3. The van der Waals surface area contributed by atoms with E-state index in [1.165, 1.54) is 0 Å². The van der Waals surface area contributed by atoms with Crippen LogP contribution in [0.25, 0.3) is 5.69 Å². The zero-order valence-electron chi connectivity index (χ0n) is 17.4.